The molecule has 0 bridgehead atoms. The van der Waals surface area contributed by atoms with E-state index in [0.717, 1.165) is 12.8 Å². The van der Waals surface area contributed by atoms with Crippen molar-refractivity contribution in [3.8, 4) is 0 Å². The molecule has 2 nitrogen and oxygen atoms in total. The van der Waals surface area contributed by atoms with E-state index in [0.29, 0.717) is 6.42 Å². The van der Waals surface area contributed by atoms with E-state index in [1.165, 1.54) is 0 Å². The van der Waals surface area contributed by atoms with Crippen molar-refractivity contribution in [3.05, 3.63) is 0 Å². The number of hydrogen-bond donors (Lipinski definition) is 0. The average Bonchev–Trinajstić information content (AvgIpc) is 1.88. The van der Waals surface area contributed by atoms with Crippen LogP contribution in [0.25, 0.3) is 0 Å². The molecule has 1 atom stereocenters. The first-order valence-corrected chi connectivity index (χ1v) is 3.54. The van der Waals surface area contributed by atoms with Crippen LogP contribution in [0.1, 0.15) is 33.1 Å². The molecule has 0 spiro atoms. The van der Waals surface area contributed by atoms with E-state index in [4.69, 9.17) is 0 Å². The van der Waals surface area contributed by atoms with Gasteiger partial charge in [0, 0.05) is 43.2 Å². The van der Waals surface area contributed by atoms with Crippen LogP contribution in [0.3, 0.4) is 0 Å². The first-order chi connectivity index (χ1) is 4.68. The number of carbonyl (C=O) groups excluding carboxylic acids is 2. The maximum absolute atomic E-state index is 10.6. The number of carbonyl (C=O) groups is 1. The summed E-state index contributed by atoms with van der Waals surface area (Å²) in [5, 5.41) is 0. The molecule has 0 aromatic carbocycles. The third-order valence-electron chi connectivity index (χ3n) is 1.61. The summed E-state index contributed by atoms with van der Waals surface area (Å²) in [4.78, 5) is 20.4. The van der Waals surface area contributed by atoms with E-state index in [9.17, 15) is 9.59 Å². The molecule has 11 heavy (non-hydrogen) atoms. The number of hydrogen-bond acceptors (Lipinski definition) is 2. The predicted molar refractivity (Wildman–Crippen MR) is 39.4 cm³/mol. The quantitative estimate of drug-likeness (QED) is 0.570. The molecule has 0 aromatic heterocycles. The van der Waals surface area contributed by atoms with Crippen molar-refractivity contribution in [1.82, 2.24) is 0 Å². The molecule has 0 saturated carbocycles. The van der Waals surface area contributed by atoms with E-state index in [1.54, 1.807) is 13.2 Å². The molecular weight excluding hydrogens is 295 g/mol. The van der Waals surface area contributed by atoms with Crippen molar-refractivity contribution in [2.45, 2.75) is 33.1 Å². The number of rotatable bonds is 5. The summed E-state index contributed by atoms with van der Waals surface area (Å²) in [6.07, 6.45) is 3.85. The molecule has 1 unspecified atom stereocenters. The third kappa shape index (κ3) is 8.49. The Balaban J connectivity index is 0. The fraction of sp³-hybridized carbons (Fsp3) is 0.750. The molecule has 0 aromatic rings. The summed E-state index contributed by atoms with van der Waals surface area (Å²) in [6.45, 7) is 3.46. The van der Waals surface area contributed by atoms with Gasteiger partial charge in [0.15, 0.2) is 0 Å². The minimum absolute atomic E-state index is 0. The van der Waals surface area contributed by atoms with E-state index in [2.05, 4.69) is 0 Å². The molecule has 0 heterocycles. The summed E-state index contributed by atoms with van der Waals surface area (Å²) in [5.41, 5.74) is 0. The SMILES string of the molecule is CC(=O)C(C)CCC[C-]=O.[Er]. The Morgan fingerprint density at radius 1 is 1.55 bits per heavy atom. The molecule has 0 aliphatic heterocycles. The van der Waals surface area contributed by atoms with Gasteiger partial charge in [0.1, 0.15) is 5.78 Å². The summed E-state index contributed by atoms with van der Waals surface area (Å²) in [6, 6.07) is 0. The van der Waals surface area contributed by atoms with Crippen molar-refractivity contribution in [1.29, 1.82) is 0 Å². The van der Waals surface area contributed by atoms with Gasteiger partial charge in [-0.05, 0) is 13.3 Å². The van der Waals surface area contributed by atoms with Crippen molar-refractivity contribution < 1.29 is 46.9 Å². The predicted octanol–water partition coefficient (Wildman–Crippen LogP) is 1.49. The van der Waals surface area contributed by atoms with Gasteiger partial charge in [-0.2, -0.15) is 6.42 Å². The minimum atomic E-state index is 0. The fourth-order valence-electron chi connectivity index (χ4n) is 0.684. The summed E-state index contributed by atoms with van der Waals surface area (Å²) < 4.78 is 0. The first kappa shape index (κ1) is 14.1. The number of Topliss-reactive ketones (excluding diaryl/α,β-unsaturated/α-hetero) is 1. The molecule has 0 N–H and O–H groups in total. The van der Waals surface area contributed by atoms with Crippen molar-refractivity contribution >= 4 is 12.1 Å². The Morgan fingerprint density at radius 2 is 2.09 bits per heavy atom. The van der Waals surface area contributed by atoms with Gasteiger partial charge in [-0.25, -0.2) is 0 Å². The summed E-state index contributed by atoms with van der Waals surface area (Å²) in [7, 11) is 0. The van der Waals surface area contributed by atoms with Crippen LogP contribution in [0, 0.1) is 43.2 Å². The zero-order valence-corrected chi connectivity index (χ0v) is 8.66. The Hall–Kier alpha value is 0.587. The third-order valence-corrected chi connectivity index (χ3v) is 1.61. The molecule has 0 fully saturated rings. The zero-order chi connectivity index (χ0) is 7.98. The van der Waals surface area contributed by atoms with Gasteiger partial charge in [-0.1, -0.05) is 13.3 Å². The molecule has 0 aliphatic rings. The summed E-state index contributed by atoms with van der Waals surface area (Å²) in [5.74, 6) is 0.305. The van der Waals surface area contributed by atoms with Gasteiger partial charge in [-0.3, -0.25) is 11.1 Å². The number of unbranched alkanes of at least 4 members (excludes halogenated alkanes) is 1. The van der Waals surface area contributed by atoms with Crippen LogP contribution in [-0.4, -0.2) is 12.1 Å². The monoisotopic (exact) mass is 307 g/mol. The average molecular weight is 308 g/mol. The Kier molecular flexibility index (Phi) is 11.2. The summed E-state index contributed by atoms with van der Waals surface area (Å²) >= 11 is 0. The molecule has 0 saturated heterocycles. The van der Waals surface area contributed by atoms with Gasteiger partial charge < -0.3 is 4.79 Å². The Morgan fingerprint density at radius 3 is 2.45 bits per heavy atom. The second kappa shape index (κ2) is 8.68. The topological polar surface area (TPSA) is 34.1 Å². The van der Waals surface area contributed by atoms with Crippen LogP contribution >= 0.6 is 0 Å². The van der Waals surface area contributed by atoms with Gasteiger partial charge in [0.05, 0.1) is 0 Å². The standard InChI is InChI=1S/C8H13O2.Er/c1-7(8(2)10)5-3-4-6-9;/h7H,3-5H2,1-2H3;/q-1;. The fourth-order valence-corrected chi connectivity index (χ4v) is 0.684. The zero-order valence-electron chi connectivity index (χ0n) is 6.80. The van der Waals surface area contributed by atoms with Crippen LogP contribution in [0.5, 0.6) is 0 Å². The normalized spacial score (nSPS) is 11.5. The Labute approximate surface area is 97.3 Å². The molecule has 0 aliphatic carbocycles. The van der Waals surface area contributed by atoms with Crippen LogP contribution in [-0.2, 0) is 9.59 Å². The van der Waals surface area contributed by atoms with Crippen molar-refractivity contribution in [3.63, 3.8) is 0 Å². The molecule has 0 rings (SSSR count). The van der Waals surface area contributed by atoms with Crippen LogP contribution in [0.15, 0.2) is 0 Å². The van der Waals surface area contributed by atoms with Gasteiger partial charge >= 0.3 is 0 Å². The minimum Gasteiger partial charge on any atom is -0.542 e. The smallest absolute Gasteiger partial charge is 0.132 e. The van der Waals surface area contributed by atoms with Crippen LogP contribution in [0.4, 0.5) is 0 Å². The van der Waals surface area contributed by atoms with Gasteiger partial charge in [0.25, 0.3) is 0 Å². The largest absolute Gasteiger partial charge is 0.542 e. The Bertz CT molecular complexity index is 123. The molecular formula is C8H13ErO2-. The van der Waals surface area contributed by atoms with Crippen LogP contribution in [0.2, 0.25) is 0 Å². The van der Waals surface area contributed by atoms with Gasteiger partial charge in [-0.15, -0.1) is 0 Å². The first-order valence-electron chi connectivity index (χ1n) is 3.54. The molecule has 3 heteroatoms. The maximum atomic E-state index is 10.6. The second-order valence-electron chi connectivity index (χ2n) is 2.55. The second-order valence-corrected chi connectivity index (χ2v) is 2.55. The maximum Gasteiger partial charge on any atom is 0.132 e. The van der Waals surface area contributed by atoms with Crippen LogP contribution < -0.4 is 0 Å². The molecule has 70 valence electrons. The molecule has 0 radical (unpaired) electrons. The molecule has 0 amide bonds. The van der Waals surface area contributed by atoms with Crippen molar-refractivity contribution in [2.75, 3.05) is 0 Å². The van der Waals surface area contributed by atoms with Gasteiger partial charge in [0.2, 0.25) is 0 Å². The van der Waals surface area contributed by atoms with E-state index >= 15 is 0 Å². The van der Waals surface area contributed by atoms with E-state index < -0.39 is 0 Å². The van der Waals surface area contributed by atoms with E-state index in [1.807, 2.05) is 6.92 Å². The van der Waals surface area contributed by atoms with Crippen molar-refractivity contribution in [2.24, 2.45) is 5.92 Å². The number of ketones is 1. The van der Waals surface area contributed by atoms with E-state index in [-0.39, 0.29) is 49.0 Å².